The fraction of sp³-hybridized carbons (Fsp3) is 0.150. The second-order valence-corrected chi connectivity index (χ2v) is 6.18. The maximum atomic E-state index is 13.0. The van der Waals surface area contributed by atoms with E-state index in [4.69, 9.17) is 5.26 Å². The lowest BCUT2D eigenvalue weighted by Gasteiger charge is -2.15. The van der Waals surface area contributed by atoms with Crippen LogP contribution < -0.4 is 5.32 Å². The highest BCUT2D eigenvalue weighted by Crippen LogP contribution is 2.37. The number of anilines is 1. The van der Waals surface area contributed by atoms with E-state index >= 15 is 0 Å². The molecule has 0 atom stereocenters. The number of nitrogens with zero attached hydrogens (tertiary/aromatic N) is 1. The van der Waals surface area contributed by atoms with Crippen molar-refractivity contribution in [3.8, 4) is 11.8 Å². The van der Waals surface area contributed by atoms with E-state index in [1.807, 2.05) is 5.32 Å². The molecule has 1 amide bonds. The lowest BCUT2D eigenvalue weighted by atomic mass is 10.0. The van der Waals surface area contributed by atoms with Crippen LogP contribution in [0.5, 0.6) is 5.75 Å². The van der Waals surface area contributed by atoms with Crippen LogP contribution in [0.15, 0.2) is 42.0 Å². The number of amides is 1. The molecule has 2 N–H and O–H groups in total. The fourth-order valence-corrected chi connectivity index (χ4v) is 2.49. The molecule has 0 radical (unpaired) electrons. The van der Waals surface area contributed by atoms with E-state index in [2.05, 4.69) is 4.74 Å². The molecule has 0 saturated heterocycles. The van der Waals surface area contributed by atoms with Gasteiger partial charge in [-0.05, 0) is 42.0 Å². The van der Waals surface area contributed by atoms with Crippen LogP contribution >= 0.6 is 0 Å². The third kappa shape index (κ3) is 5.78. The Morgan fingerprint density at radius 2 is 1.59 bits per heavy atom. The number of hydrogen-bond acceptors (Lipinski definition) is 5. The number of phenolic OH excluding ortho intramolecular Hbond substituents is 1. The van der Waals surface area contributed by atoms with Crippen molar-refractivity contribution in [1.29, 1.82) is 5.26 Å². The Labute approximate surface area is 176 Å². The van der Waals surface area contributed by atoms with Crippen LogP contribution in [0.4, 0.5) is 32.0 Å². The first-order valence-electron chi connectivity index (χ1n) is 8.40. The van der Waals surface area contributed by atoms with Crippen LogP contribution in [-0.2, 0) is 21.9 Å². The van der Waals surface area contributed by atoms with Crippen molar-refractivity contribution in [3.05, 3.63) is 64.2 Å². The maximum Gasteiger partial charge on any atom is 0.416 e. The minimum atomic E-state index is -5.12. The summed E-state index contributed by atoms with van der Waals surface area (Å²) in [4.78, 5) is 24.2. The van der Waals surface area contributed by atoms with Crippen molar-refractivity contribution in [3.63, 3.8) is 0 Å². The van der Waals surface area contributed by atoms with Gasteiger partial charge in [-0.1, -0.05) is 6.07 Å². The van der Waals surface area contributed by atoms with Crippen molar-refractivity contribution < 1.29 is 45.8 Å². The van der Waals surface area contributed by atoms with Gasteiger partial charge in [-0.2, -0.15) is 31.6 Å². The van der Waals surface area contributed by atoms with Gasteiger partial charge in [0.1, 0.15) is 17.4 Å². The van der Waals surface area contributed by atoms with Gasteiger partial charge in [-0.3, -0.25) is 4.79 Å². The quantitative estimate of drug-likeness (QED) is 0.298. The van der Waals surface area contributed by atoms with Crippen LogP contribution in [0.3, 0.4) is 0 Å². The van der Waals surface area contributed by atoms with Crippen LogP contribution in [0, 0.1) is 11.3 Å². The van der Waals surface area contributed by atoms with Crippen LogP contribution in [0.2, 0.25) is 0 Å². The molecule has 0 aliphatic heterocycles. The molecule has 0 aromatic heterocycles. The molecule has 0 bridgehead atoms. The molecule has 0 fully saturated rings. The minimum Gasteiger partial charge on any atom is -0.508 e. The molecule has 0 saturated carbocycles. The maximum absolute atomic E-state index is 13.0. The number of methoxy groups -OCH3 is 1. The molecule has 12 heteroatoms. The summed E-state index contributed by atoms with van der Waals surface area (Å²) < 4.78 is 82.5. The Morgan fingerprint density at radius 3 is 2.06 bits per heavy atom. The summed E-state index contributed by atoms with van der Waals surface area (Å²) in [5, 5.41) is 20.6. The number of benzene rings is 2. The molecule has 32 heavy (non-hydrogen) atoms. The Kier molecular flexibility index (Phi) is 6.83. The minimum absolute atomic E-state index is 0.103. The van der Waals surface area contributed by atoms with Crippen molar-refractivity contribution in [2.45, 2.75) is 12.4 Å². The van der Waals surface area contributed by atoms with E-state index in [-0.39, 0.29) is 11.6 Å². The van der Waals surface area contributed by atoms with Gasteiger partial charge in [-0.15, -0.1) is 0 Å². The largest absolute Gasteiger partial charge is 0.508 e. The summed E-state index contributed by atoms with van der Waals surface area (Å²) in [5.41, 5.74) is -5.22. The zero-order valence-corrected chi connectivity index (χ0v) is 15.9. The zero-order valence-electron chi connectivity index (χ0n) is 15.9. The number of ether oxygens (including phenoxy) is 1. The molecule has 168 valence electrons. The normalized spacial score (nSPS) is 12.1. The van der Waals surface area contributed by atoms with Crippen LogP contribution in [0.1, 0.15) is 27.0 Å². The first-order valence-corrected chi connectivity index (χ1v) is 8.40. The van der Waals surface area contributed by atoms with Gasteiger partial charge < -0.3 is 15.2 Å². The van der Waals surface area contributed by atoms with E-state index in [0.29, 0.717) is 12.1 Å². The Bertz CT molecular complexity index is 1100. The van der Waals surface area contributed by atoms with Crippen molar-refractivity contribution >= 4 is 23.6 Å². The van der Waals surface area contributed by atoms with E-state index in [9.17, 15) is 41.0 Å². The summed E-state index contributed by atoms with van der Waals surface area (Å²) in [6.07, 6.45) is -9.34. The predicted octanol–water partition coefficient (Wildman–Crippen LogP) is 4.76. The summed E-state index contributed by atoms with van der Waals surface area (Å²) in [5.74, 6) is -2.73. The zero-order chi connectivity index (χ0) is 24.3. The molecule has 2 aromatic rings. The monoisotopic (exact) mass is 458 g/mol. The molecule has 2 rings (SSSR count). The molecular formula is C20H12F6N2O4. The van der Waals surface area contributed by atoms with Gasteiger partial charge in [-0.25, -0.2) is 4.79 Å². The lowest BCUT2D eigenvalue weighted by Crippen LogP contribution is -2.16. The number of aromatic hydroxyl groups is 1. The van der Waals surface area contributed by atoms with Gasteiger partial charge in [0, 0.05) is 5.69 Å². The Morgan fingerprint density at radius 1 is 1.03 bits per heavy atom. The fourth-order valence-electron chi connectivity index (χ4n) is 2.49. The topological polar surface area (TPSA) is 99.4 Å². The summed E-state index contributed by atoms with van der Waals surface area (Å²) in [6, 6.07) is 5.08. The number of rotatable bonds is 4. The van der Waals surface area contributed by atoms with Gasteiger partial charge in [0.05, 0.1) is 23.8 Å². The van der Waals surface area contributed by atoms with Crippen molar-refractivity contribution in [2.75, 3.05) is 12.4 Å². The predicted molar refractivity (Wildman–Crippen MR) is 98.1 cm³/mol. The first kappa shape index (κ1) is 24.3. The molecule has 0 spiro atoms. The lowest BCUT2D eigenvalue weighted by molar-refractivity contribution is -0.143. The number of halogens is 6. The average Bonchev–Trinajstić information content (AvgIpc) is 2.70. The summed E-state index contributed by atoms with van der Waals surface area (Å²) in [7, 11) is 0.990. The number of alkyl halides is 6. The van der Waals surface area contributed by atoms with Crippen molar-refractivity contribution in [1.82, 2.24) is 0 Å². The number of phenols is 1. The van der Waals surface area contributed by atoms with Crippen LogP contribution in [-0.4, -0.2) is 24.1 Å². The highest BCUT2D eigenvalue weighted by atomic mass is 19.4. The number of hydrogen-bond donors (Lipinski definition) is 2. The Hall–Kier alpha value is -4.01. The second-order valence-electron chi connectivity index (χ2n) is 6.18. The molecule has 6 nitrogen and oxygen atoms in total. The Balaban J connectivity index is 2.54. The first-order chi connectivity index (χ1) is 14.8. The number of carbonyl (C=O) groups is 2. The van der Waals surface area contributed by atoms with Gasteiger partial charge >= 0.3 is 18.3 Å². The molecule has 0 heterocycles. The molecule has 0 unspecified atom stereocenters. The smallest absolute Gasteiger partial charge is 0.416 e. The van der Waals surface area contributed by atoms with E-state index in [0.717, 1.165) is 31.4 Å². The number of esters is 1. The van der Waals surface area contributed by atoms with Gasteiger partial charge in [0.25, 0.3) is 5.91 Å². The molecular weight excluding hydrogens is 446 g/mol. The third-order valence-corrected chi connectivity index (χ3v) is 3.95. The van der Waals surface area contributed by atoms with E-state index in [1.165, 1.54) is 6.07 Å². The highest BCUT2D eigenvalue weighted by molar-refractivity contribution is 6.08. The highest BCUT2D eigenvalue weighted by Gasteiger charge is 2.37. The van der Waals surface area contributed by atoms with E-state index < -0.39 is 57.9 Å². The summed E-state index contributed by atoms with van der Waals surface area (Å²) >= 11 is 0. The summed E-state index contributed by atoms with van der Waals surface area (Å²) in [6.45, 7) is 0. The average molecular weight is 458 g/mol. The van der Waals surface area contributed by atoms with Crippen LogP contribution in [0.25, 0.3) is 6.08 Å². The standard InChI is InChI=1S/C20H12F6N2O4/c1-32-18(31)11(9-27)4-10-2-3-15(29)8-16(10)17(30)28-14-6-12(19(21,22)23)5-13(7-14)20(24,25)26/h2-8,29H,1H3,(H,28,30). The SMILES string of the molecule is COC(=O)C(C#N)=Cc1ccc(O)cc1C(=O)Nc1cc(C(F)(F)F)cc(C(F)(F)F)c1. The number of nitriles is 1. The second kappa shape index (κ2) is 9.01. The number of carbonyl (C=O) groups excluding carboxylic acids is 2. The number of nitrogens with one attached hydrogen (secondary N) is 1. The van der Waals surface area contributed by atoms with E-state index in [1.54, 1.807) is 0 Å². The molecule has 2 aromatic carbocycles. The van der Waals surface area contributed by atoms with Crippen molar-refractivity contribution in [2.24, 2.45) is 0 Å². The van der Waals surface area contributed by atoms with Gasteiger partial charge in [0.2, 0.25) is 0 Å². The molecule has 0 aliphatic carbocycles. The van der Waals surface area contributed by atoms with Gasteiger partial charge in [0.15, 0.2) is 0 Å². The molecule has 0 aliphatic rings. The third-order valence-electron chi connectivity index (χ3n) is 3.95.